The van der Waals surface area contributed by atoms with Crippen LogP contribution in [0.5, 0.6) is 0 Å². The molecule has 3 aromatic rings. The minimum atomic E-state index is -1.94. The zero-order valence-corrected chi connectivity index (χ0v) is 39.9. The summed E-state index contributed by atoms with van der Waals surface area (Å²) in [5.74, 6) is 2.66. The molecule has 11 atom stereocenters. The van der Waals surface area contributed by atoms with Crippen LogP contribution in [0.1, 0.15) is 125 Å². The van der Waals surface area contributed by atoms with Crippen molar-refractivity contribution >= 4 is 29.1 Å². The molecule has 8 rings (SSSR count). The van der Waals surface area contributed by atoms with Crippen molar-refractivity contribution in [2.45, 2.75) is 137 Å². The van der Waals surface area contributed by atoms with Crippen LogP contribution in [0, 0.1) is 56.7 Å². The smallest absolute Gasteiger partial charge is 0.305 e. The quantitative estimate of drug-likeness (QED) is 0.0689. The van der Waals surface area contributed by atoms with Gasteiger partial charge in [0.2, 0.25) is 0 Å². The minimum Gasteiger partial charge on any atom is -0.463 e. The third kappa shape index (κ3) is 7.79. The summed E-state index contributed by atoms with van der Waals surface area (Å²) in [5, 5.41) is 26.3. The van der Waals surface area contributed by atoms with E-state index in [1.165, 1.54) is 60.0 Å². The number of unbranched alkanes of at least 4 members (excludes halogenated alkanes) is 1. The van der Waals surface area contributed by atoms with Gasteiger partial charge in [-0.1, -0.05) is 101 Å². The molecule has 62 heavy (non-hydrogen) atoms. The molecule has 5 aliphatic rings. The van der Waals surface area contributed by atoms with E-state index in [1.807, 2.05) is 0 Å². The van der Waals surface area contributed by atoms with Gasteiger partial charge >= 0.3 is 5.97 Å². The second-order valence-electron chi connectivity index (χ2n) is 22.3. The normalized spacial score (nSPS) is 35.4. The van der Waals surface area contributed by atoms with Gasteiger partial charge in [0, 0.05) is 6.42 Å². The molecule has 0 heterocycles. The van der Waals surface area contributed by atoms with Gasteiger partial charge in [-0.3, -0.25) is 4.79 Å². The van der Waals surface area contributed by atoms with E-state index in [9.17, 15) is 15.0 Å². The molecule has 0 spiro atoms. The van der Waals surface area contributed by atoms with Gasteiger partial charge < -0.3 is 19.7 Å². The highest BCUT2D eigenvalue weighted by molar-refractivity contribution is 7.95. The molecule has 5 saturated carbocycles. The van der Waals surface area contributed by atoms with Crippen LogP contribution in [-0.2, 0) is 14.3 Å². The number of allylic oxidation sites excluding steroid dienone is 1. The molecule has 0 bridgehead atoms. The van der Waals surface area contributed by atoms with Crippen LogP contribution < -0.4 is 15.9 Å². The minimum absolute atomic E-state index is 0.0341. The molecule has 2 N–H and O–H groups in total. The van der Waals surface area contributed by atoms with Crippen molar-refractivity contribution in [1.29, 1.82) is 0 Å². The second kappa shape index (κ2) is 17.9. The number of hydrogen-bond acceptors (Lipinski definition) is 5. The van der Waals surface area contributed by atoms with Crippen molar-refractivity contribution in [2.75, 3.05) is 26.0 Å². The first-order chi connectivity index (χ1) is 29.6. The molecule has 1 unspecified atom stereocenters. The second-order valence-corrected chi connectivity index (χ2v) is 25.9. The molecular weight excluding hydrogens is 784 g/mol. The van der Waals surface area contributed by atoms with Gasteiger partial charge in [-0.15, -0.1) is 0 Å². The van der Waals surface area contributed by atoms with Gasteiger partial charge in [0.25, 0.3) is 0 Å². The van der Waals surface area contributed by atoms with Crippen LogP contribution >= 0.6 is 7.26 Å². The topological polar surface area (TPSA) is 76.0 Å². The first kappa shape index (κ1) is 45.7. The molecule has 0 amide bonds. The molecule has 0 aliphatic heterocycles. The SMILES string of the molecule is C=C(C)[C@@H]1CC[C@]2(COCC(O)COC(=O)CCCC[P+](c3ccccc3)(c3ccccc3)c3ccccc3)CC[C@]3(C)[C@H](CC[C@@H]4[C@@]5(C)CC[C@H](O)C(C)(C)[C@@H]5CC[C@]43C)[C@@H]12. The highest BCUT2D eigenvalue weighted by Crippen LogP contribution is 2.77. The van der Waals surface area contributed by atoms with Gasteiger partial charge in [-0.05, 0) is 177 Å². The van der Waals surface area contributed by atoms with Crippen molar-refractivity contribution in [1.82, 2.24) is 0 Å². The van der Waals surface area contributed by atoms with Gasteiger partial charge in [-0.25, -0.2) is 0 Å². The molecule has 336 valence electrons. The molecule has 0 radical (unpaired) electrons. The summed E-state index contributed by atoms with van der Waals surface area (Å²) < 4.78 is 12.2. The maximum Gasteiger partial charge on any atom is 0.305 e. The Bertz CT molecular complexity index is 1910. The van der Waals surface area contributed by atoms with E-state index in [2.05, 4.69) is 139 Å². The van der Waals surface area contributed by atoms with Gasteiger partial charge in [0.1, 0.15) is 35.9 Å². The predicted molar refractivity (Wildman–Crippen MR) is 257 cm³/mol. The predicted octanol–water partition coefficient (Wildman–Crippen LogP) is 11.1. The monoisotopic (exact) mass is 862 g/mol. The number of benzene rings is 3. The lowest BCUT2D eigenvalue weighted by Crippen LogP contribution is -2.66. The van der Waals surface area contributed by atoms with E-state index < -0.39 is 13.4 Å². The summed E-state index contributed by atoms with van der Waals surface area (Å²) in [7, 11) is -1.94. The number of ether oxygens (including phenoxy) is 2. The molecule has 5 nitrogen and oxygen atoms in total. The van der Waals surface area contributed by atoms with Crippen LogP contribution in [0.25, 0.3) is 0 Å². The first-order valence-electron chi connectivity index (χ1n) is 24.4. The third-order valence-electron chi connectivity index (χ3n) is 19.1. The lowest BCUT2D eigenvalue weighted by Gasteiger charge is -2.73. The van der Waals surface area contributed by atoms with Crippen molar-refractivity contribution in [3.63, 3.8) is 0 Å². The molecule has 5 fully saturated rings. The maximum absolute atomic E-state index is 13.1. The summed E-state index contributed by atoms with van der Waals surface area (Å²) in [5.41, 5.74) is 2.16. The van der Waals surface area contributed by atoms with Gasteiger partial charge in [0.15, 0.2) is 0 Å². The lowest BCUT2D eigenvalue weighted by molar-refractivity contribution is -0.250. The summed E-state index contributed by atoms with van der Waals surface area (Å²) >= 11 is 0. The van der Waals surface area contributed by atoms with Crippen molar-refractivity contribution < 1.29 is 24.5 Å². The average Bonchev–Trinajstić information content (AvgIpc) is 3.66. The summed E-state index contributed by atoms with van der Waals surface area (Å²) in [6, 6.07) is 32.7. The Labute approximate surface area is 375 Å². The van der Waals surface area contributed by atoms with Crippen molar-refractivity contribution in [3.8, 4) is 0 Å². The van der Waals surface area contributed by atoms with E-state index in [0.29, 0.717) is 42.6 Å². The summed E-state index contributed by atoms with van der Waals surface area (Å²) in [4.78, 5) is 13.1. The number of hydrogen-bond donors (Lipinski definition) is 2. The molecule has 6 heteroatoms. The van der Waals surface area contributed by atoms with Crippen molar-refractivity contribution in [2.24, 2.45) is 56.7 Å². The molecule has 0 saturated heterocycles. The van der Waals surface area contributed by atoms with E-state index in [4.69, 9.17) is 9.47 Å². The van der Waals surface area contributed by atoms with Crippen molar-refractivity contribution in [3.05, 3.63) is 103 Å². The Hall–Kier alpha value is -2.82. The number of carbonyl (C=O) groups is 1. The average molecular weight is 862 g/mol. The fourth-order valence-electron chi connectivity index (χ4n) is 15.7. The Kier molecular flexibility index (Phi) is 13.2. The van der Waals surface area contributed by atoms with E-state index in [-0.39, 0.29) is 52.4 Å². The number of esters is 1. The Morgan fingerprint density at radius 2 is 1.34 bits per heavy atom. The highest BCUT2D eigenvalue weighted by atomic mass is 31.2. The fourth-order valence-corrected chi connectivity index (χ4v) is 20.1. The zero-order chi connectivity index (χ0) is 44.0. The maximum atomic E-state index is 13.1. The van der Waals surface area contributed by atoms with Crippen LogP contribution in [0.2, 0.25) is 0 Å². The molecule has 3 aromatic carbocycles. The van der Waals surface area contributed by atoms with E-state index >= 15 is 0 Å². The summed E-state index contributed by atoms with van der Waals surface area (Å²) in [6.07, 6.45) is 13.7. The van der Waals surface area contributed by atoms with Gasteiger partial charge in [-0.2, -0.15) is 0 Å². The standard InChI is InChI=1S/C56H78O5P/c1-40(2)45-28-33-56(35-34-54(6)46(51(45)56)26-27-48-53(5)31-30-49(58)52(3,4)47(53)29-32-55(48,54)7)39-60-37-41(57)38-61-50(59)25-17-18-36-62(42-19-11-8-12-20-42,43-21-13-9-14-22-43)44-23-15-10-16-24-44/h8-16,19-24,41,45-49,51,57-58H,1,17-18,25-39H2,2-7H3/q+1/t41?,45-,46+,47-,48+,49-,51+,53-,54+,55+,56+/m0/s1. The van der Waals surface area contributed by atoms with Crippen LogP contribution in [-0.4, -0.2) is 54.4 Å². The number of aliphatic hydroxyl groups is 2. The van der Waals surface area contributed by atoms with Crippen LogP contribution in [0.3, 0.4) is 0 Å². The molecular formula is C56H78O5P+. The zero-order valence-electron chi connectivity index (χ0n) is 39.0. The number of fused-ring (bicyclic) bond motifs is 7. The fraction of sp³-hybridized carbons (Fsp3) is 0.625. The van der Waals surface area contributed by atoms with Crippen LogP contribution in [0.15, 0.2) is 103 Å². The summed E-state index contributed by atoms with van der Waals surface area (Å²) in [6.45, 7) is 20.3. The molecule has 0 aromatic heterocycles. The van der Waals surface area contributed by atoms with Gasteiger partial charge in [0.05, 0.1) is 25.5 Å². The largest absolute Gasteiger partial charge is 0.463 e. The lowest BCUT2D eigenvalue weighted by atomic mass is 9.32. The Morgan fingerprint density at radius 1 is 0.726 bits per heavy atom. The molecule has 5 aliphatic carbocycles. The Balaban J connectivity index is 0.868. The Morgan fingerprint density at radius 3 is 1.94 bits per heavy atom. The number of carbonyl (C=O) groups excluding carboxylic acids is 1. The van der Waals surface area contributed by atoms with E-state index in [0.717, 1.165) is 44.7 Å². The highest BCUT2D eigenvalue weighted by Gasteiger charge is 2.71. The third-order valence-corrected chi connectivity index (χ3v) is 23.6. The van der Waals surface area contributed by atoms with E-state index in [1.54, 1.807) is 0 Å². The van der Waals surface area contributed by atoms with Crippen LogP contribution in [0.4, 0.5) is 0 Å². The first-order valence-corrected chi connectivity index (χ1v) is 26.4. The number of aliphatic hydroxyl groups excluding tert-OH is 2. The number of rotatable bonds is 15.